The van der Waals surface area contributed by atoms with Gasteiger partial charge in [0.1, 0.15) is 5.75 Å². The van der Waals surface area contributed by atoms with Crippen molar-refractivity contribution >= 4 is 22.8 Å². The van der Waals surface area contributed by atoms with Crippen molar-refractivity contribution in [1.82, 2.24) is 0 Å². The van der Waals surface area contributed by atoms with Gasteiger partial charge < -0.3 is 4.55 Å². The summed E-state index contributed by atoms with van der Waals surface area (Å²) in [6.45, 7) is 0. The Bertz CT molecular complexity index is 50.8. The maximum atomic E-state index is 10.2. The van der Waals surface area contributed by atoms with Gasteiger partial charge in [0, 0.05) is 0 Å². The van der Waals surface area contributed by atoms with Crippen molar-refractivity contribution in [3.63, 3.8) is 0 Å². The van der Waals surface area contributed by atoms with Crippen LogP contribution in [0.15, 0.2) is 0 Å². The highest BCUT2D eigenvalue weighted by Gasteiger charge is 2.30. The topological polar surface area (TPSA) is 23.1 Å². The van der Waals surface area contributed by atoms with Gasteiger partial charge in [-0.05, 0) is 11.2 Å². The molecule has 0 spiro atoms. The molecule has 0 amide bonds. The maximum absolute atomic E-state index is 10.2. The summed E-state index contributed by atoms with van der Waals surface area (Å²) in [5.74, 6) is 0.689. The van der Waals surface area contributed by atoms with Crippen molar-refractivity contribution in [3.05, 3.63) is 6.42 Å². The lowest BCUT2D eigenvalue weighted by molar-refractivity contribution is 0.587. The Morgan fingerprint density at radius 2 is 2.50 bits per heavy atom. The fourth-order valence-electron chi connectivity index (χ4n) is 0.248. The Morgan fingerprint density at radius 1 is 2.00 bits per heavy atom. The van der Waals surface area contributed by atoms with Crippen LogP contribution in [-0.4, -0.2) is 15.0 Å². The molecule has 0 aromatic rings. The Morgan fingerprint density at radius 3 is 2.50 bits per heavy atom. The number of alkyl halides is 1. The zero-order valence-electron chi connectivity index (χ0n) is 3.06. The average Bonchev–Trinajstić information content (AvgIpc) is 1.61. The van der Waals surface area contributed by atoms with E-state index in [9.17, 15) is 4.55 Å². The van der Waals surface area contributed by atoms with Gasteiger partial charge in [-0.15, -0.1) is 0 Å². The van der Waals surface area contributed by atoms with Crippen molar-refractivity contribution in [2.45, 2.75) is 4.71 Å². The first-order valence-corrected chi connectivity index (χ1v) is 3.47. The number of halogens is 1. The molecule has 0 saturated carbocycles. The molecule has 1 heterocycles. The van der Waals surface area contributed by atoms with E-state index >= 15 is 0 Å². The summed E-state index contributed by atoms with van der Waals surface area (Å²) in [6.07, 6.45) is 1.83. The highest BCUT2D eigenvalue weighted by Crippen LogP contribution is 2.21. The molecule has 0 aliphatic carbocycles. The highest BCUT2D eigenvalue weighted by atomic mass is 35.5. The summed E-state index contributed by atoms with van der Waals surface area (Å²) in [5.41, 5.74) is 0. The van der Waals surface area contributed by atoms with Crippen LogP contribution in [0.1, 0.15) is 0 Å². The number of hydrogen-bond donors (Lipinski definition) is 0. The van der Waals surface area contributed by atoms with E-state index in [-0.39, 0.29) is 4.71 Å². The predicted molar refractivity (Wildman–Crippen MR) is 27.0 cm³/mol. The molecular formula is C3H4ClOS. The third-order valence-electron chi connectivity index (χ3n) is 0.697. The van der Waals surface area contributed by atoms with Gasteiger partial charge in [-0.1, -0.05) is 11.6 Å². The van der Waals surface area contributed by atoms with E-state index in [0.717, 1.165) is 0 Å². The molecule has 0 unspecified atom stereocenters. The van der Waals surface area contributed by atoms with Gasteiger partial charge in [0.2, 0.25) is 0 Å². The predicted octanol–water partition coefficient (Wildman–Crippen LogP) is 0.518. The summed E-state index contributed by atoms with van der Waals surface area (Å²) in [7, 11) is 0. The second-order valence-corrected chi connectivity index (χ2v) is 3.47. The maximum Gasteiger partial charge on any atom is 0.196 e. The molecule has 1 fully saturated rings. The van der Waals surface area contributed by atoms with E-state index in [1.54, 1.807) is 0 Å². The molecule has 1 nitrogen and oxygen atoms in total. The lowest BCUT2D eigenvalue weighted by atomic mass is 10.5. The van der Waals surface area contributed by atoms with Crippen LogP contribution in [0.4, 0.5) is 0 Å². The van der Waals surface area contributed by atoms with E-state index in [4.69, 9.17) is 11.6 Å². The SMILES string of the molecule is [O-][S@+]1C[CH][C@@H]1Cl. The lowest BCUT2D eigenvalue weighted by Crippen LogP contribution is -2.32. The first kappa shape index (κ1) is 4.75. The summed E-state index contributed by atoms with van der Waals surface area (Å²) < 4.78 is 10.0. The minimum atomic E-state index is -0.727. The minimum absolute atomic E-state index is 0.148. The fraction of sp³-hybridized carbons (Fsp3) is 0.667. The summed E-state index contributed by atoms with van der Waals surface area (Å²) >= 11 is 4.62. The van der Waals surface area contributed by atoms with Crippen LogP contribution in [0, 0.1) is 6.42 Å². The minimum Gasteiger partial charge on any atom is -0.615 e. The number of rotatable bonds is 0. The Labute approximate surface area is 44.9 Å². The molecule has 2 atom stereocenters. The summed E-state index contributed by atoms with van der Waals surface area (Å²) in [4.78, 5) is 0. The second kappa shape index (κ2) is 1.60. The van der Waals surface area contributed by atoms with Crippen LogP contribution in [0.5, 0.6) is 0 Å². The normalized spacial score (nSPS) is 45.0. The van der Waals surface area contributed by atoms with Gasteiger partial charge in [0.05, 0.1) is 6.42 Å². The standard InChI is InChI=1S/C3H4ClOS/c4-3-1-2-6(3)5/h1,3H,2H2/t3-,6-/m1/s1. The van der Waals surface area contributed by atoms with Crippen LogP contribution in [0.2, 0.25) is 0 Å². The third kappa shape index (κ3) is 0.647. The van der Waals surface area contributed by atoms with Crippen molar-refractivity contribution in [2.24, 2.45) is 0 Å². The average molecular weight is 124 g/mol. The Balaban J connectivity index is 2.20. The quantitative estimate of drug-likeness (QED) is 0.340. The molecule has 1 saturated heterocycles. The molecule has 0 aromatic carbocycles. The van der Waals surface area contributed by atoms with Gasteiger partial charge in [-0.3, -0.25) is 0 Å². The lowest BCUT2D eigenvalue weighted by Gasteiger charge is -2.23. The summed E-state index contributed by atoms with van der Waals surface area (Å²) in [5, 5.41) is 0. The molecule has 3 heteroatoms. The molecule has 6 heavy (non-hydrogen) atoms. The highest BCUT2D eigenvalue weighted by molar-refractivity contribution is 7.95. The van der Waals surface area contributed by atoms with E-state index in [1.165, 1.54) is 0 Å². The van der Waals surface area contributed by atoms with Crippen LogP contribution >= 0.6 is 11.6 Å². The smallest absolute Gasteiger partial charge is 0.196 e. The van der Waals surface area contributed by atoms with Crippen LogP contribution in [-0.2, 0) is 11.2 Å². The van der Waals surface area contributed by atoms with Crippen LogP contribution < -0.4 is 0 Å². The van der Waals surface area contributed by atoms with E-state index in [0.29, 0.717) is 5.75 Å². The largest absolute Gasteiger partial charge is 0.615 e. The molecule has 1 radical (unpaired) electrons. The zero-order chi connectivity index (χ0) is 4.57. The van der Waals surface area contributed by atoms with Crippen molar-refractivity contribution in [1.29, 1.82) is 0 Å². The van der Waals surface area contributed by atoms with E-state index in [2.05, 4.69) is 0 Å². The van der Waals surface area contributed by atoms with Gasteiger partial charge in [-0.2, -0.15) is 0 Å². The van der Waals surface area contributed by atoms with Crippen molar-refractivity contribution < 1.29 is 4.55 Å². The molecule has 35 valence electrons. The first-order chi connectivity index (χ1) is 2.80. The Hall–Kier alpha value is 0.600. The van der Waals surface area contributed by atoms with Gasteiger partial charge in [-0.25, -0.2) is 0 Å². The van der Waals surface area contributed by atoms with Crippen LogP contribution in [0.25, 0.3) is 0 Å². The van der Waals surface area contributed by atoms with E-state index < -0.39 is 11.2 Å². The molecule has 0 aromatic heterocycles. The molecular weight excluding hydrogens is 120 g/mol. The number of hydrogen-bond acceptors (Lipinski definition) is 1. The monoisotopic (exact) mass is 123 g/mol. The zero-order valence-corrected chi connectivity index (χ0v) is 4.63. The molecule has 0 bridgehead atoms. The molecule has 1 aliphatic rings. The molecule has 1 rings (SSSR count). The van der Waals surface area contributed by atoms with Gasteiger partial charge >= 0.3 is 0 Å². The van der Waals surface area contributed by atoms with Crippen molar-refractivity contribution in [2.75, 3.05) is 5.75 Å². The van der Waals surface area contributed by atoms with Gasteiger partial charge in [0.15, 0.2) is 4.71 Å². The molecule has 1 aliphatic heterocycles. The first-order valence-electron chi connectivity index (χ1n) is 1.65. The van der Waals surface area contributed by atoms with Gasteiger partial charge in [0.25, 0.3) is 0 Å². The molecule has 0 N–H and O–H groups in total. The summed E-state index contributed by atoms with van der Waals surface area (Å²) in [6, 6.07) is 0. The second-order valence-electron chi connectivity index (χ2n) is 1.13. The third-order valence-corrected chi connectivity index (χ3v) is 2.69. The Kier molecular flexibility index (Phi) is 1.27. The van der Waals surface area contributed by atoms with Crippen molar-refractivity contribution in [3.8, 4) is 0 Å². The van der Waals surface area contributed by atoms with Crippen LogP contribution in [0.3, 0.4) is 0 Å². The van der Waals surface area contributed by atoms with E-state index in [1.807, 2.05) is 6.42 Å². The fourth-order valence-corrected chi connectivity index (χ4v) is 1.18.